The van der Waals surface area contributed by atoms with Crippen LogP contribution in [0.1, 0.15) is 19.4 Å². The Balaban J connectivity index is 3.21. The van der Waals surface area contributed by atoms with E-state index in [0.29, 0.717) is 5.56 Å². The summed E-state index contributed by atoms with van der Waals surface area (Å²) < 4.78 is 4.81. The van der Waals surface area contributed by atoms with Crippen LogP contribution in [-0.2, 0) is 9.53 Å². The molecule has 4 nitrogen and oxygen atoms in total. The Morgan fingerprint density at radius 2 is 1.94 bits per heavy atom. The molecule has 90 valence electrons. The zero-order chi connectivity index (χ0) is 12.8. The Kier molecular flexibility index (Phi) is 4.46. The summed E-state index contributed by atoms with van der Waals surface area (Å²) in [6.07, 6.45) is 0. The first-order chi connectivity index (χ1) is 8.07. The molecule has 0 atom stereocenters. The van der Waals surface area contributed by atoms with Crippen LogP contribution in [0.3, 0.4) is 0 Å². The molecular weight excluding hydrogens is 218 g/mol. The number of rotatable bonds is 4. The maximum atomic E-state index is 11.6. The molecule has 4 heteroatoms. The average molecular weight is 233 g/mol. The van der Waals surface area contributed by atoms with Crippen molar-refractivity contribution in [1.82, 2.24) is 0 Å². The lowest BCUT2D eigenvalue weighted by Gasteiger charge is -2.08. The summed E-state index contributed by atoms with van der Waals surface area (Å²) in [4.78, 5) is 11.6. The van der Waals surface area contributed by atoms with Gasteiger partial charge in [0.15, 0.2) is 0 Å². The Morgan fingerprint density at radius 1 is 1.35 bits per heavy atom. The minimum absolute atomic E-state index is 0.0233. The number of ether oxygens (including phenoxy) is 1. The first-order valence-electron chi connectivity index (χ1n) is 5.29. The quantitative estimate of drug-likeness (QED) is 0.363. The van der Waals surface area contributed by atoms with Crippen molar-refractivity contribution in [1.29, 1.82) is 5.41 Å². The van der Waals surface area contributed by atoms with E-state index >= 15 is 0 Å². The van der Waals surface area contributed by atoms with E-state index in [2.05, 4.69) is 0 Å². The number of esters is 1. The van der Waals surface area contributed by atoms with Gasteiger partial charge < -0.3 is 15.3 Å². The summed E-state index contributed by atoms with van der Waals surface area (Å²) in [5.41, 5.74) is 0.366. The lowest BCUT2D eigenvalue weighted by molar-refractivity contribution is -0.137. The topological polar surface area (TPSA) is 70.4 Å². The molecule has 0 saturated heterocycles. The molecule has 0 saturated carbocycles. The third-order valence-corrected chi connectivity index (χ3v) is 2.14. The van der Waals surface area contributed by atoms with Gasteiger partial charge in [0.1, 0.15) is 11.3 Å². The van der Waals surface area contributed by atoms with Crippen LogP contribution in [0.15, 0.2) is 35.9 Å². The molecule has 0 aliphatic rings. The van der Waals surface area contributed by atoms with E-state index in [1.807, 2.05) is 0 Å². The van der Waals surface area contributed by atoms with Gasteiger partial charge in [0.05, 0.1) is 6.61 Å². The lowest BCUT2D eigenvalue weighted by Crippen LogP contribution is -2.15. The van der Waals surface area contributed by atoms with Crippen molar-refractivity contribution in [3.8, 4) is 0 Å². The SMILES string of the molecule is CCOC(=O)/C(C(C)=N)=C(\O)c1ccccc1. The molecule has 2 N–H and O–H groups in total. The van der Waals surface area contributed by atoms with Gasteiger partial charge in [-0.25, -0.2) is 4.79 Å². The molecule has 0 aliphatic carbocycles. The summed E-state index contributed by atoms with van der Waals surface area (Å²) in [7, 11) is 0. The fourth-order valence-electron chi connectivity index (χ4n) is 1.37. The van der Waals surface area contributed by atoms with Crippen molar-refractivity contribution >= 4 is 17.4 Å². The zero-order valence-corrected chi connectivity index (χ0v) is 9.86. The summed E-state index contributed by atoms with van der Waals surface area (Å²) in [6.45, 7) is 3.32. The minimum Gasteiger partial charge on any atom is -0.506 e. The van der Waals surface area contributed by atoms with Gasteiger partial charge in [-0.05, 0) is 13.8 Å². The van der Waals surface area contributed by atoms with Crippen molar-refractivity contribution in [2.24, 2.45) is 0 Å². The summed E-state index contributed by atoms with van der Waals surface area (Å²) in [5.74, 6) is -0.905. The van der Waals surface area contributed by atoms with Gasteiger partial charge in [0, 0.05) is 11.3 Å². The zero-order valence-electron chi connectivity index (χ0n) is 9.86. The molecule has 1 aromatic carbocycles. The average Bonchev–Trinajstić information content (AvgIpc) is 2.30. The number of hydrogen-bond donors (Lipinski definition) is 2. The van der Waals surface area contributed by atoms with Crippen LogP contribution >= 0.6 is 0 Å². The van der Waals surface area contributed by atoms with E-state index in [1.54, 1.807) is 37.3 Å². The Labute approximate surface area is 100 Å². The first-order valence-corrected chi connectivity index (χ1v) is 5.29. The second-order valence-electron chi connectivity index (χ2n) is 3.44. The van der Waals surface area contributed by atoms with Gasteiger partial charge in [-0.1, -0.05) is 30.3 Å². The van der Waals surface area contributed by atoms with Gasteiger partial charge in [0.2, 0.25) is 0 Å². The van der Waals surface area contributed by atoms with Crippen molar-refractivity contribution in [2.75, 3.05) is 6.61 Å². The van der Waals surface area contributed by atoms with E-state index < -0.39 is 5.97 Å². The number of aliphatic hydroxyl groups excluding tert-OH is 1. The highest BCUT2D eigenvalue weighted by atomic mass is 16.5. The van der Waals surface area contributed by atoms with Crippen LogP contribution in [0, 0.1) is 5.41 Å². The second-order valence-corrected chi connectivity index (χ2v) is 3.44. The Hall–Kier alpha value is -2.10. The monoisotopic (exact) mass is 233 g/mol. The summed E-state index contributed by atoms with van der Waals surface area (Å²) in [5, 5.41) is 17.5. The number of hydrogen-bond acceptors (Lipinski definition) is 4. The third kappa shape index (κ3) is 3.17. The number of nitrogens with one attached hydrogen (secondary N) is 1. The standard InChI is InChI=1S/C13H15NO3/c1-3-17-13(16)11(9(2)14)12(15)10-7-5-4-6-8-10/h4-8,14-15H,3H2,1-2H3/b12-11-,14-9?. The van der Waals surface area contributed by atoms with Crippen LogP contribution in [0.4, 0.5) is 0 Å². The number of aliphatic hydroxyl groups is 1. The molecule has 0 heterocycles. The van der Waals surface area contributed by atoms with E-state index in [9.17, 15) is 9.90 Å². The molecule has 0 aromatic heterocycles. The van der Waals surface area contributed by atoms with Gasteiger partial charge in [-0.15, -0.1) is 0 Å². The van der Waals surface area contributed by atoms with Crippen molar-refractivity contribution < 1.29 is 14.6 Å². The van der Waals surface area contributed by atoms with Crippen LogP contribution in [0.25, 0.3) is 5.76 Å². The van der Waals surface area contributed by atoms with E-state index in [0.717, 1.165) is 0 Å². The number of benzene rings is 1. The molecule has 17 heavy (non-hydrogen) atoms. The Bertz CT molecular complexity index is 449. The summed E-state index contributed by atoms with van der Waals surface area (Å²) >= 11 is 0. The molecule has 0 aliphatic heterocycles. The predicted molar refractivity (Wildman–Crippen MR) is 66.0 cm³/mol. The van der Waals surface area contributed by atoms with Crippen LogP contribution in [-0.4, -0.2) is 23.4 Å². The molecule has 0 fully saturated rings. The van der Waals surface area contributed by atoms with Gasteiger partial charge in [0.25, 0.3) is 0 Å². The fourth-order valence-corrected chi connectivity index (χ4v) is 1.37. The normalized spacial score (nSPS) is 11.6. The highest BCUT2D eigenvalue weighted by molar-refractivity contribution is 6.22. The van der Waals surface area contributed by atoms with Crippen LogP contribution in [0.2, 0.25) is 0 Å². The smallest absolute Gasteiger partial charge is 0.343 e. The van der Waals surface area contributed by atoms with Gasteiger partial charge in [-0.3, -0.25) is 0 Å². The Morgan fingerprint density at radius 3 is 2.41 bits per heavy atom. The lowest BCUT2D eigenvalue weighted by atomic mass is 10.1. The maximum absolute atomic E-state index is 11.6. The van der Waals surface area contributed by atoms with Gasteiger partial charge >= 0.3 is 5.97 Å². The molecule has 0 radical (unpaired) electrons. The predicted octanol–water partition coefficient (Wildman–Crippen LogP) is 2.56. The minimum atomic E-state index is -0.679. The second kappa shape index (κ2) is 5.84. The molecular formula is C13H15NO3. The molecule has 0 unspecified atom stereocenters. The molecule has 1 rings (SSSR count). The van der Waals surface area contributed by atoms with E-state index in [1.165, 1.54) is 6.92 Å². The van der Waals surface area contributed by atoms with E-state index in [4.69, 9.17) is 10.1 Å². The first kappa shape index (κ1) is 13.0. The van der Waals surface area contributed by atoms with Crippen molar-refractivity contribution in [3.05, 3.63) is 41.5 Å². The largest absolute Gasteiger partial charge is 0.506 e. The highest BCUT2D eigenvalue weighted by Gasteiger charge is 2.19. The molecule has 0 amide bonds. The summed E-state index contributed by atoms with van der Waals surface area (Å²) in [6, 6.07) is 8.62. The number of carbonyl (C=O) groups is 1. The number of carbonyl (C=O) groups excluding carboxylic acids is 1. The van der Waals surface area contributed by atoms with Crippen molar-refractivity contribution in [3.63, 3.8) is 0 Å². The third-order valence-electron chi connectivity index (χ3n) is 2.14. The highest BCUT2D eigenvalue weighted by Crippen LogP contribution is 2.17. The maximum Gasteiger partial charge on any atom is 0.343 e. The van der Waals surface area contributed by atoms with Crippen molar-refractivity contribution in [2.45, 2.75) is 13.8 Å². The molecule has 1 aromatic rings. The molecule has 0 bridgehead atoms. The molecule has 0 spiro atoms. The fraction of sp³-hybridized carbons (Fsp3) is 0.231. The van der Waals surface area contributed by atoms with Crippen LogP contribution < -0.4 is 0 Å². The van der Waals surface area contributed by atoms with E-state index in [-0.39, 0.29) is 23.7 Å². The van der Waals surface area contributed by atoms with Crippen LogP contribution in [0.5, 0.6) is 0 Å². The van der Waals surface area contributed by atoms with Gasteiger partial charge in [-0.2, -0.15) is 0 Å².